The molecule has 1 aromatic heterocycles. The zero-order chi connectivity index (χ0) is 22.7. The summed E-state index contributed by atoms with van der Waals surface area (Å²) in [5.74, 6) is -0.308. The minimum Gasteiger partial charge on any atom is -0.382 e. The fourth-order valence-electron chi connectivity index (χ4n) is 3.99. The van der Waals surface area contributed by atoms with Crippen LogP contribution in [0.25, 0.3) is 17.0 Å². The maximum absolute atomic E-state index is 13.9. The van der Waals surface area contributed by atoms with Crippen molar-refractivity contribution in [3.8, 4) is 0 Å². The Morgan fingerprint density at radius 1 is 1.19 bits per heavy atom. The number of halogens is 3. The first-order chi connectivity index (χ1) is 15.3. The molecule has 170 valence electrons. The van der Waals surface area contributed by atoms with Crippen molar-refractivity contribution in [1.82, 2.24) is 9.29 Å². The van der Waals surface area contributed by atoms with Gasteiger partial charge in [-0.15, -0.1) is 0 Å². The van der Waals surface area contributed by atoms with Gasteiger partial charge in [0.25, 0.3) is 6.43 Å². The lowest BCUT2D eigenvalue weighted by Gasteiger charge is -2.25. The SMILES string of the molecule is O=S(=O)(CC=Cc1cccc(Br)c1)n1cc(C(F)F)c2c(NC3CCNCC3)cccc21. The van der Waals surface area contributed by atoms with Crippen LogP contribution >= 0.6 is 15.9 Å². The lowest BCUT2D eigenvalue weighted by atomic mass is 10.0. The first kappa shape index (κ1) is 22.9. The van der Waals surface area contributed by atoms with Gasteiger partial charge >= 0.3 is 0 Å². The highest BCUT2D eigenvalue weighted by atomic mass is 79.9. The maximum Gasteiger partial charge on any atom is 0.266 e. The summed E-state index contributed by atoms with van der Waals surface area (Å²) in [6, 6.07) is 12.6. The number of rotatable bonds is 7. The molecule has 1 aliphatic rings. The lowest BCUT2D eigenvalue weighted by Crippen LogP contribution is -2.35. The summed E-state index contributed by atoms with van der Waals surface area (Å²) in [5, 5.41) is 6.89. The molecule has 5 nitrogen and oxygen atoms in total. The van der Waals surface area contributed by atoms with Gasteiger partial charge in [-0.05, 0) is 55.8 Å². The summed E-state index contributed by atoms with van der Waals surface area (Å²) in [4.78, 5) is 0. The number of benzene rings is 2. The molecule has 0 amide bonds. The normalized spacial score (nSPS) is 15.8. The van der Waals surface area contributed by atoms with Gasteiger partial charge in [0.05, 0.1) is 11.3 Å². The minimum absolute atomic E-state index is 0.153. The predicted octanol–water partition coefficient (Wildman–Crippen LogP) is 5.40. The van der Waals surface area contributed by atoms with Crippen LogP contribution in [0.2, 0.25) is 0 Å². The van der Waals surface area contributed by atoms with Crippen LogP contribution in [0.5, 0.6) is 0 Å². The Morgan fingerprint density at radius 3 is 2.66 bits per heavy atom. The highest BCUT2D eigenvalue weighted by Crippen LogP contribution is 2.36. The second kappa shape index (κ2) is 9.72. The number of hydrogen-bond donors (Lipinski definition) is 2. The van der Waals surface area contributed by atoms with Crippen LogP contribution in [0, 0.1) is 0 Å². The van der Waals surface area contributed by atoms with Crippen molar-refractivity contribution < 1.29 is 17.2 Å². The predicted molar refractivity (Wildman–Crippen MR) is 129 cm³/mol. The van der Waals surface area contributed by atoms with Crippen LogP contribution < -0.4 is 10.6 Å². The number of hydrogen-bond acceptors (Lipinski definition) is 4. The second-order valence-electron chi connectivity index (χ2n) is 7.79. The third kappa shape index (κ3) is 5.05. The van der Waals surface area contributed by atoms with Gasteiger partial charge < -0.3 is 10.6 Å². The molecular formula is C23H24BrF2N3O2S. The molecule has 2 heterocycles. The van der Waals surface area contributed by atoms with Crippen molar-refractivity contribution in [3.63, 3.8) is 0 Å². The summed E-state index contributed by atoms with van der Waals surface area (Å²) in [5.41, 5.74) is 1.36. The molecule has 0 spiro atoms. The Hall–Kier alpha value is -2.23. The van der Waals surface area contributed by atoms with E-state index in [-0.39, 0.29) is 28.3 Å². The molecule has 2 N–H and O–H groups in total. The maximum atomic E-state index is 13.9. The summed E-state index contributed by atoms with van der Waals surface area (Å²) in [6.07, 6.45) is 3.25. The largest absolute Gasteiger partial charge is 0.382 e. The van der Waals surface area contributed by atoms with Gasteiger partial charge in [0.15, 0.2) is 0 Å². The van der Waals surface area contributed by atoms with E-state index >= 15 is 0 Å². The second-order valence-corrected chi connectivity index (χ2v) is 10.6. The van der Waals surface area contributed by atoms with Crippen molar-refractivity contribution in [3.05, 3.63) is 70.3 Å². The van der Waals surface area contributed by atoms with E-state index < -0.39 is 16.4 Å². The smallest absolute Gasteiger partial charge is 0.266 e. The molecule has 9 heteroatoms. The van der Waals surface area contributed by atoms with E-state index in [1.54, 1.807) is 24.3 Å². The topological polar surface area (TPSA) is 63.1 Å². The molecule has 1 saturated heterocycles. The van der Waals surface area contributed by atoms with Gasteiger partial charge in [-0.3, -0.25) is 0 Å². The molecular weight excluding hydrogens is 500 g/mol. The molecule has 2 aromatic carbocycles. The average Bonchev–Trinajstić information content (AvgIpc) is 3.17. The van der Waals surface area contributed by atoms with Crippen molar-refractivity contribution in [2.24, 2.45) is 0 Å². The molecule has 1 aliphatic heterocycles. The molecule has 3 aromatic rings. The van der Waals surface area contributed by atoms with Crippen LogP contribution in [0.4, 0.5) is 14.5 Å². The Morgan fingerprint density at radius 2 is 1.94 bits per heavy atom. The van der Waals surface area contributed by atoms with E-state index in [1.807, 2.05) is 24.3 Å². The number of aromatic nitrogens is 1. The molecule has 0 unspecified atom stereocenters. The molecule has 0 bridgehead atoms. The van der Waals surface area contributed by atoms with Crippen molar-refractivity contribution in [1.29, 1.82) is 0 Å². The summed E-state index contributed by atoms with van der Waals surface area (Å²) >= 11 is 3.38. The minimum atomic E-state index is -3.88. The summed E-state index contributed by atoms with van der Waals surface area (Å²) in [6.45, 7) is 1.71. The zero-order valence-corrected chi connectivity index (χ0v) is 19.7. The highest BCUT2D eigenvalue weighted by molar-refractivity contribution is 9.10. The van der Waals surface area contributed by atoms with Gasteiger partial charge in [0.1, 0.15) is 0 Å². The zero-order valence-electron chi connectivity index (χ0n) is 17.3. The summed E-state index contributed by atoms with van der Waals surface area (Å²) < 4.78 is 55.8. The first-order valence-electron chi connectivity index (χ1n) is 10.4. The summed E-state index contributed by atoms with van der Waals surface area (Å²) in [7, 11) is -3.88. The van der Waals surface area contributed by atoms with Crippen LogP contribution in [0.15, 0.2) is 59.2 Å². The third-order valence-corrected chi connectivity index (χ3v) is 7.53. The van der Waals surface area contributed by atoms with Gasteiger partial charge in [-0.1, -0.05) is 46.3 Å². The molecule has 0 saturated carbocycles. The third-order valence-electron chi connectivity index (χ3n) is 5.52. The number of nitrogens with one attached hydrogen (secondary N) is 2. The van der Waals surface area contributed by atoms with Crippen LogP contribution in [0.3, 0.4) is 0 Å². The van der Waals surface area contributed by atoms with Crippen LogP contribution in [-0.4, -0.2) is 37.3 Å². The number of piperidine rings is 1. The fraction of sp³-hybridized carbons (Fsp3) is 0.304. The molecule has 4 rings (SSSR count). The van der Waals surface area contributed by atoms with E-state index in [2.05, 4.69) is 26.6 Å². The van der Waals surface area contributed by atoms with Crippen molar-refractivity contribution in [2.45, 2.75) is 25.3 Å². The number of nitrogens with zero attached hydrogens (tertiary/aromatic N) is 1. The van der Waals surface area contributed by atoms with Gasteiger partial charge in [-0.2, -0.15) is 0 Å². The van der Waals surface area contributed by atoms with Crippen molar-refractivity contribution in [2.75, 3.05) is 24.2 Å². The highest BCUT2D eigenvalue weighted by Gasteiger charge is 2.25. The van der Waals surface area contributed by atoms with E-state index in [0.717, 1.165) is 46.1 Å². The molecule has 0 atom stereocenters. The van der Waals surface area contributed by atoms with E-state index in [0.29, 0.717) is 5.69 Å². The average molecular weight is 524 g/mol. The molecule has 0 radical (unpaired) electrons. The molecule has 0 aliphatic carbocycles. The van der Waals surface area contributed by atoms with Crippen molar-refractivity contribution >= 4 is 48.6 Å². The Kier molecular flexibility index (Phi) is 6.97. The van der Waals surface area contributed by atoms with Gasteiger partial charge in [0.2, 0.25) is 10.0 Å². The number of alkyl halides is 2. The monoisotopic (exact) mass is 523 g/mol. The van der Waals surface area contributed by atoms with E-state index in [9.17, 15) is 17.2 Å². The Labute approximate surface area is 194 Å². The number of anilines is 1. The van der Waals surface area contributed by atoms with Gasteiger partial charge in [-0.25, -0.2) is 21.2 Å². The van der Waals surface area contributed by atoms with E-state index in [4.69, 9.17) is 0 Å². The Balaban J connectivity index is 1.68. The fourth-order valence-corrected chi connectivity index (χ4v) is 5.63. The quantitative estimate of drug-likeness (QED) is 0.435. The molecule has 1 fully saturated rings. The van der Waals surface area contributed by atoms with E-state index in [1.165, 1.54) is 6.08 Å². The van der Waals surface area contributed by atoms with Gasteiger partial charge in [0, 0.05) is 33.3 Å². The standard InChI is InChI=1S/C23H24BrF2N3O2S/c24-17-6-1-4-16(14-17)5-3-13-32(30,31)29-15-19(23(25)26)22-20(7-2-8-21(22)29)28-18-9-11-27-12-10-18/h1-8,14-15,18,23,27-28H,9-13H2. The van der Waals surface area contributed by atoms with Crippen LogP contribution in [-0.2, 0) is 10.0 Å². The number of fused-ring (bicyclic) bond motifs is 1. The van der Waals surface area contributed by atoms with Crippen LogP contribution in [0.1, 0.15) is 30.4 Å². The Bertz CT molecular complexity index is 1240. The lowest BCUT2D eigenvalue weighted by molar-refractivity contribution is 0.153. The molecule has 32 heavy (non-hydrogen) atoms. The first-order valence-corrected chi connectivity index (χ1v) is 12.8.